The number of nitrogens with two attached hydrogens (primary N) is 1. The number of aryl methyl sites for hydroxylation is 2. The Labute approximate surface area is 146 Å². The number of carbonyl (C=O) groups is 1. The summed E-state index contributed by atoms with van der Waals surface area (Å²) in [4.78, 5) is 11.8. The van der Waals surface area contributed by atoms with Crippen molar-refractivity contribution in [2.24, 2.45) is 5.84 Å². The molecule has 0 bridgehead atoms. The van der Waals surface area contributed by atoms with Crippen LogP contribution in [0.3, 0.4) is 0 Å². The number of hydrogen-bond donors (Lipinski definition) is 2. The molecule has 0 aliphatic carbocycles. The van der Waals surface area contributed by atoms with E-state index in [4.69, 9.17) is 17.4 Å². The van der Waals surface area contributed by atoms with Gasteiger partial charge in [-0.1, -0.05) is 35.4 Å². The fourth-order valence-electron chi connectivity index (χ4n) is 2.16. The fraction of sp³-hybridized carbons (Fsp3) is 0.188. The second-order valence-electron chi connectivity index (χ2n) is 5.32. The van der Waals surface area contributed by atoms with Crippen LogP contribution in [0.4, 0.5) is 5.69 Å². The smallest absolute Gasteiger partial charge is 0.264 e. The quantitative estimate of drug-likeness (QED) is 0.481. The zero-order chi connectivity index (χ0) is 17.9. The van der Waals surface area contributed by atoms with E-state index in [0.717, 1.165) is 9.87 Å². The number of sulfonamides is 1. The lowest BCUT2D eigenvalue weighted by Crippen LogP contribution is -2.43. The molecule has 1 amide bonds. The minimum absolute atomic E-state index is 0.0808. The van der Waals surface area contributed by atoms with Gasteiger partial charge >= 0.3 is 0 Å². The molecule has 0 saturated carbocycles. The molecule has 0 spiro atoms. The molecule has 0 aliphatic heterocycles. The number of halogens is 1. The highest BCUT2D eigenvalue weighted by atomic mass is 35.5. The standard InChI is InChI=1S/C16H18ClN3O3S/c1-11-3-7-14(8-4-11)24(22,23)20(10-16(21)19-18)15-9-13(17)6-5-12(15)2/h3-9H,10,18H2,1-2H3,(H,19,21). The van der Waals surface area contributed by atoms with Crippen LogP contribution >= 0.6 is 11.6 Å². The second kappa shape index (κ2) is 7.21. The van der Waals surface area contributed by atoms with Crippen LogP contribution in [0.5, 0.6) is 0 Å². The molecular weight excluding hydrogens is 350 g/mol. The lowest BCUT2D eigenvalue weighted by Gasteiger charge is -2.25. The third-order valence-electron chi connectivity index (χ3n) is 3.50. The van der Waals surface area contributed by atoms with Crippen molar-refractivity contribution in [1.82, 2.24) is 5.43 Å². The predicted octanol–water partition coefficient (Wildman–Crippen LogP) is 2.14. The number of hydrazine groups is 1. The topological polar surface area (TPSA) is 92.5 Å². The van der Waals surface area contributed by atoms with Crippen LogP contribution < -0.4 is 15.6 Å². The van der Waals surface area contributed by atoms with Crippen LogP contribution in [0.1, 0.15) is 11.1 Å². The average molecular weight is 368 g/mol. The van der Waals surface area contributed by atoms with Crippen molar-refractivity contribution in [2.75, 3.05) is 10.8 Å². The SMILES string of the molecule is Cc1ccc(S(=O)(=O)N(CC(=O)NN)c2cc(Cl)ccc2C)cc1. The van der Waals surface area contributed by atoms with Crippen LogP contribution in [0.2, 0.25) is 5.02 Å². The number of rotatable bonds is 5. The Morgan fingerprint density at radius 3 is 2.38 bits per heavy atom. The predicted molar refractivity (Wildman–Crippen MR) is 94.2 cm³/mol. The van der Waals surface area contributed by atoms with Crippen LogP contribution in [0.15, 0.2) is 47.4 Å². The van der Waals surface area contributed by atoms with Crippen LogP contribution in [0, 0.1) is 13.8 Å². The zero-order valence-electron chi connectivity index (χ0n) is 13.3. The number of nitrogens with one attached hydrogen (secondary N) is 1. The number of anilines is 1. The molecule has 2 aromatic carbocycles. The van der Waals surface area contributed by atoms with Gasteiger partial charge in [0.1, 0.15) is 6.54 Å². The summed E-state index contributed by atoms with van der Waals surface area (Å²) in [5.74, 6) is 4.49. The summed E-state index contributed by atoms with van der Waals surface area (Å²) in [5.41, 5.74) is 3.88. The van der Waals surface area contributed by atoms with Crippen LogP contribution in [-0.4, -0.2) is 20.9 Å². The van der Waals surface area contributed by atoms with Gasteiger partial charge in [-0.2, -0.15) is 0 Å². The van der Waals surface area contributed by atoms with Gasteiger partial charge in [0.05, 0.1) is 10.6 Å². The van der Waals surface area contributed by atoms with Gasteiger partial charge in [0.15, 0.2) is 0 Å². The maximum absolute atomic E-state index is 13.0. The monoisotopic (exact) mass is 367 g/mol. The van der Waals surface area contributed by atoms with Gasteiger partial charge in [-0.15, -0.1) is 0 Å². The molecule has 0 saturated heterocycles. The molecule has 24 heavy (non-hydrogen) atoms. The number of amides is 1. The van der Waals surface area contributed by atoms with Crippen molar-refractivity contribution in [1.29, 1.82) is 0 Å². The number of hydrogen-bond acceptors (Lipinski definition) is 4. The average Bonchev–Trinajstić information content (AvgIpc) is 2.55. The van der Waals surface area contributed by atoms with Gasteiger partial charge in [0.25, 0.3) is 15.9 Å². The van der Waals surface area contributed by atoms with Gasteiger partial charge in [0.2, 0.25) is 0 Å². The third kappa shape index (κ3) is 3.87. The summed E-state index contributed by atoms with van der Waals surface area (Å²) in [6.45, 7) is 3.15. The van der Waals surface area contributed by atoms with Crippen LogP contribution in [0.25, 0.3) is 0 Å². The molecule has 0 atom stereocenters. The van der Waals surface area contributed by atoms with Crippen molar-refractivity contribution in [3.05, 3.63) is 58.6 Å². The number of carbonyl (C=O) groups excluding carboxylic acids is 1. The summed E-state index contributed by atoms with van der Waals surface area (Å²) in [6.07, 6.45) is 0. The van der Waals surface area contributed by atoms with Crippen molar-refractivity contribution in [3.8, 4) is 0 Å². The van der Waals surface area contributed by atoms with E-state index in [0.29, 0.717) is 16.3 Å². The Kier molecular flexibility index (Phi) is 5.48. The first-order valence-electron chi connectivity index (χ1n) is 7.10. The van der Waals surface area contributed by atoms with Crippen molar-refractivity contribution in [3.63, 3.8) is 0 Å². The summed E-state index contributed by atoms with van der Waals surface area (Å²) in [5, 5.41) is 0.368. The molecule has 128 valence electrons. The molecule has 2 aromatic rings. The number of nitrogens with zero attached hydrogens (tertiary/aromatic N) is 1. The Morgan fingerprint density at radius 2 is 1.79 bits per heavy atom. The van der Waals surface area contributed by atoms with E-state index in [-0.39, 0.29) is 4.90 Å². The molecule has 0 radical (unpaired) electrons. The maximum atomic E-state index is 13.0. The van der Waals surface area contributed by atoms with Gasteiger partial charge in [0, 0.05) is 5.02 Å². The second-order valence-corrected chi connectivity index (χ2v) is 7.62. The normalized spacial score (nSPS) is 11.2. The molecule has 0 unspecified atom stereocenters. The molecular formula is C16H18ClN3O3S. The first-order valence-corrected chi connectivity index (χ1v) is 8.92. The molecule has 0 aliphatic rings. The highest BCUT2D eigenvalue weighted by Gasteiger charge is 2.28. The molecule has 2 rings (SSSR count). The van der Waals surface area contributed by atoms with Gasteiger partial charge < -0.3 is 0 Å². The van der Waals surface area contributed by atoms with E-state index < -0.39 is 22.5 Å². The first kappa shape index (κ1) is 18.3. The molecule has 0 aromatic heterocycles. The maximum Gasteiger partial charge on any atom is 0.264 e. The lowest BCUT2D eigenvalue weighted by molar-refractivity contribution is -0.119. The minimum atomic E-state index is -3.96. The van der Waals surface area contributed by atoms with Crippen molar-refractivity contribution >= 4 is 33.2 Å². The Bertz CT molecular complexity index is 851. The summed E-state index contributed by atoms with van der Waals surface area (Å²) in [6, 6.07) is 11.2. The highest BCUT2D eigenvalue weighted by Crippen LogP contribution is 2.29. The van der Waals surface area contributed by atoms with Crippen molar-refractivity contribution < 1.29 is 13.2 Å². The molecule has 8 heteroatoms. The minimum Gasteiger partial charge on any atom is -0.293 e. The van der Waals surface area contributed by atoms with E-state index in [1.165, 1.54) is 18.2 Å². The molecule has 6 nitrogen and oxygen atoms in total. The van der Waals surface area contributed by atoms with Gasteiger partial charge in [-0.05, 0) is 43.7 Å². The largest absolute Gasteiger partial charge is 0.293 e. The fourth-order valence-corrected chi connectivity index (χ4v) is 3.81. The Balaban J connectivity index is 2.59. The lowest BCUT2D eigenvalue weighted by atomic mass is 10.2. The Morgan fingerprint density at radius 1 is 1.17 bits per heavy atom. The molecule has 0 fully saturated rings. The van der Waals surface area contributed by atoms with E-state index in [1.807, 2.05) is 12.3 Å². The van der Waals surface area contributed by atoms with E-state index >= 15 is 0 Å². The molecule has 0 heterocycles. The highest BCUT2D eigenvalue weighted by molar-refractivity contribution is 7.92. The van der Waals surface area contributed by atoms with E-state index in [2.05, 4.69) is 0 Å². The van der Waals surface area contributed by atoms with Gasteiger partial charge in [-0.25, -0.2) is 14.3 Å². The summed E-state index contributed by atoms with van der Waals surface area (Å²) >= 11 is 6.00. The zero-order valence-corrected chi connectivity index (χ0v) is 14.9. The molecule has 3 N–H and O–H groups in total. The summed E-state index contributed by atoms with van der Waals surface area (Å²) < 4.78 is 27.0. The first-order chi connectivity index (χ1) is 11.3. The third-order valence-corrected chi connectivity index (χ3v) is 5.51. The van der Waals surface area contributed by atoms with Crippen LogP contribution in [-0.2, 0) is 14.8 Å². The Hall–Kier alpha value is -2.09. The number of benzene rings is 2. The van der Waals surface area contributed by atoms with E-state index in [1.54, 1.807) is 31.2 Å². The van der Waals surface area contributed by atoms with Crippen molar-refractivity contribution in [2.45, 2.75) is 18.7 Å². The summed E-state index contributed by atoms with van der Waals surface area (Å²) in [7, 11) is -3.96. The van der Waals surface area contributed by atoms with E-state index in [9.17, 15) is 13.2 Å². The van der Waals surface area contributed by atoms with Gasteiger partial charge in [-0.3, -0.25) is 14.5 Å².